The lowest BCUT2D eigenvalue weighted by molar-refractivity contribution is -0.117. The Morgan fingerprint density at radius 2 is 1.77 bits per heavy atom. The Morgan fingerprint density at radius 3 is 2.35 bits per heavy atom. The first-order valence-corrected chi connectivity index (χ1v) is 9.58. The summed E-state index contributed by atoms with van der Waals surface area (Å²) in [6.07, 6.45) is 1.24. The van der Waals surface area contributed by atoms with Crippen LogP contribution in [0.15, 0.2) is 47.4 Å². The molecule has 1 amide bonds. The zero-order chi connectivity index (χ0) is 18.7. The average molecular weight is 376 g/mol. The van der Waals surface area contributed by atoms with Crippen molar-refractivity contribution in [1.29, 1.82) is 0 Å². The SMILES string of the molecule is COc1ccc(S(=O)(=O)Nc2ccc(OC)c(N3CCCC3=O)c2)cc1. The van der Waals surface area contributed by atoms with Crippen molar-refractivity contribution >= 4 is 27.3 Å². The number of rotatable bonds is 6. The Bertz CT molecular complexity index is 910. The predicted octanol–water partition coefficient (Wildman–Crippen LogP) is 2.63. The number of carbonyl (C=O) groups excluding carboxylic acids is 1. The molecule has 2 aromatic carbocycles. The van der Waals surface area contributed by atoms with Crippen LogP contribution in [0.25, 0.3) is 0 Å². The van der Waals surface area contributed by atoms with Gasteiger partial charge < -0.3 is 14.4 Å². The van der Waals surface area contributed by atoms with Crippen LogP contribution < -0.4 is 19.1 Å². The van der Waals surface area contributed by atoms with Gasteiger partial charge in [-0.1, -0.05) is 0 Å². The molecule has 0 spiro atoms. The van der Waals surface area contributed by atoms with Crippen molar-refractivity contribution in [2.24, 2.45) is 0 Å². The molecule has 1 aliphatic heterocycles. The van der Waals surface area contributed by atoms with Gasteiger partial charge in [-0.25, -0.2) is 8.42 Å². The number of ether oxygens (including phenoxy) is 2. The Hall–Kier alpha value is -2.74. The van der Waals surface area contributed by atoms with E-state index in [0.717, 1.165) is 6.42 Å². The molecular formula is C18H20N2O5S. The maximum atomic E-state index is 12.6. The number of carbonyl (C=O) groups is 1. The summed E-state index contributed by atoms with van der Waals surface area (Å²) in [4.78, 5) is 13.8. The number of methoxy groups -OCH3 is 2. The minimum atomic E-state index is -3.76. The molecule has 0 bridgehead atoms. The standard InChI is InChI=1S/C18H20N2O5S/c1-24-14-6-8-15(9-7-14)26(22,23)19-13-5-10-17(25-2)16(12-13)20-11-3-4-18(20)21/h5-10,12,19H,3-4,11H2,1-2H3. The summed E-state index contributed by atoms with van der Waals surface area (Å²) in [6, 6.07) is 11.0. The number of nitrogens with one attached hydrogen (secondary N) is 1. The average Bonchev–Trinajstić information content (AvgIpc) is 3.07. The first-order valence-electron chi connectivity index (χ1n) is 8.10. The second kappa shape index (κ2) is 7.25. The van der Waals surface area contributed by atoms with Crippen molar-refractivity contribution in [1.82, 2.24) is 0 Å². The Kier molecular flexibility index (Phi) is 5.03. The lowest BCUT2D eigenvalue weighted by Crippen LogP contribution is -2.24. The molecule has 0 radical (unpaired) electrons. The molecule has 2 aromatic rings. The quantitative estimate of drug-likeness (QED) is 0.838. The number of anilines is 2. The highest BCUT2D eigenvalue weighted by Crippen LogP contribution is 2.34. The van der Waals surface area contributed by atoms with Crippen molar-refractivity contribution in [3.63, 3.8) is 0 Å². The van der Waals surface area contributed by atoms with Crippen LogP contribution in [-0.4, -0.2) is 35.1 Å². The summed E-state index contributed by atoms with van der Waals surface area (Å²) in [5.74, 6) is 1.09. The van der Waals surface area contributed by atoms with Gasteiger partial charge in [0.1, 0.15) is 11.5 Å². The monoisotopic (exact) mass is 376 g/mol. The van der Waals surface area contributed by atoms with Crippen molar-refractivity contribution < 1.29 is 22.7 Å². The second-order valence-electron chi connectivity index (χ2n) is 5.82. The first kappa shape index (κ1) is 18.1. The molecule has 1 fully saturated rings. The van der Waals surface area contributed by atoms with E-state index in [1.165, 1.54) is 26.4 Å². The first-order chi connectivity index (χ1) is 12.4. The van der Waals surface area contributed by atoms with Gasteiger partial charge in [0.15, 0.2) is 0 Å². The van der Waals surface area contributed by atoms with Crippen LogP contribution in [0, 0.1) is 0 Å². The van der Waals surface area contributed by atoms with E-state index in [2.05, 4.69) is 4.72 Å². The van der Waals surface area contributed by atoms with E-state index in [9.17, 15) is 13.2 Å². The van der Waals surface area contributed by atoms with Crippen LogP contribution in [0.2, 0.25) is 0 Å². The molecule has 1 N–H and O–H groups in total. The number of benzene rings is 2. The minimum absolute atomic E-state index is 0.00142. The maximum Gasteiger partial charge on any atom is 0.261 e. The van der Waals surface area contributed by atoms with E-state index in [4.69, 9.17) is 9.47 Å². The van der Waals surface area contributed by atoms with Crippen LogP contribution >= 0.6 is 0 Å². The molecule has 138 valence electrons. The van der Waals surface area contributed by atoms with Gasteiger partial charge in [-0.15, -0.1) is 0 Å². The van der Waals surface area contributed by atoms with Gasteiger partial charge >= 0.3 is 0 Å². The van der Waals surface area contributed by atoms with E-state index in [-0.39, 0.29) is 10.8 Å². The summed E-state index contributed by atoms with van der Waals surface area (Å²) >= 11 is 0. The fourth-order valence-electron chi connectivity index (χ4n) is 2.84. The van der Waals surface area contributed by atoms with Crippen LogP contribution in [-0.2, 0) is 14.8 Å². The lowest BCUT2D eigenvalue weighted by atomic mass is 10.2. The van der Waals surface area contributed by atoms with E-state index >= 15 is 0 Å². The van der Waals surface area contributed by atoms with E-state index in [1.807, 2.05) is 0 Å². The molecule has 3 rings (SSSR count). The number of sulfonamides is 1. The highest BCUT2D eigenvalue weighted by molar-refractivity contribution is 7.92. The summed E-state index contributed by atoms with van der Waals surface area (Å²) in [7, 11) is -0.733. The largest absolute Gasteiger partial charge is 0.497 e. The normalized spacial score (nSPS) is 14.4. The summed E-state index contributed by atoms with van der Waals surface area (Å²) in [6.45, 7) is 0.587. The molecule has 0 aliphatic carbocycles. The molecule has 0 atom stereocenters. The van der Waals surface area contributed by atoms with Gasteiger partial charge in [0, 0.05) is 13.0 Å². The van der Waals surface area contributed by atoms with E-state index in [1.54, 1.807) is 35.2 Å². The van der Waals surface area contributed by atoms with Crippen molar-refractivity contribution in [2.45, 2.75) is 17.7 Å². The molecule has 8 heteroatoms. The van der Waals surface area contributed by atoms with Gasteiger partial charge in [0.05, 0.1) is 30.5 Å². The molecule has 0 unspecified atom stereocenters. The fraction of sp³-hybridized carbons (Fsp3) is 0.278. The Balaban J connectivity index is 1.90. The lowest BCUT2D eigenvalue weighted by Gasteiger charge is -2.20. The van der Waals surface area contributed by atoms with Crippen LogP contribution in [0.3, 0.4) is 0 Å². The second-order valence-corrected chi connectivity index (χ2v) is 7.50. The summed E-state index contributed by atoms with van der Waals surface area (Å²) in [5.41, 5.74) is 0.918. The summed E-state index contributed by atoms with van der Waals surface area (Å²) < 4.78 is 38.1. The van der Waals surface area contributed by atoms with Crippen LogP contribution in [0.4, 0.5) is 11.4 Å². The van der Waals surface area contributed by atoms with Crippen LogP contribution in [0.5, 0.6) is 11.5 Å². The molecule has 26 heavy (non-hydrogen) atoms. The predicted molar refractivity (Wildman–Crippen MR) is 98.4 cm³/mol. The van der Waals surface area contributed by atoms with Gasteiger partial charge in [-0.2, -0.15) is 0 Å². The zero-order valence-electron chi connectivity index (χ0n) is 14.6. The number of nitrogens with zero attached hydrogens (tertiary/aromatic N) is 1. The van der Waals surface area contributed by atoms with Gasteiger partial charge in [-0.3, -0.25) is 9.52 Å². The molecule has 1 aliphatic rings. The smallest absolute Gasteiger partial charge is 0.261 e. The molecule has 7 nitrogen and oxygen atoms in total. The maximum absolute atomic E-state index is 12.6. The summed E-state index contributed by atoms with van der Waals surface area (Å²) in [5, 5.41) is 0. The molecule has 1 heterocycles. The highest BCUT2D eigenvalue weighted by atomic mass is 32.2. The number of hydrogen-bond acceptors (Lipinski definition) is 5. The minimum Gasteiger partial charge on any atom is -0.497 e. The van der Waals surface area contributed by atoms with Crippen molar-refractivity contribution in [3.8, 4) is 11.5 Å². The van der Waals surface area contributed by atoms with Gasteiger partial charge in [0.2, 0.25) is 5.91 Å². The van der Waals surface area contributed by atoms with E-state index < -0.39 is 10.0 Å². The topological polar surface area (TPSA) is 84.9 Å². The van der Waals surface area contributed by atoms with Crippen molar-refractivity contribution in [2.75, 3.05) is 30.4 Å². The third kappa shape index (κ3) is 3.60. The molecule has 0 saturated carbocycles. The fourth-order valence-corrected chi connectivity index (χ4v) is 3.89. The van der Waals surface area contributed by atoms with Gasteiger partial charge in [-0.05, 0) is 48.9 Å². The third-order valence-electron chi connectivity index (χ3n) is 4.17. The highest BCUT2D eigenvalue weighted by Gasteiger charge is 2.25. The van der Waals surface area contributed by atoms with Crippen LogP contribution in [0.1, 0.15) is 12.8 Å². The zero-order valence-corrected chi connectivity index (χ0v) is 15.4. The van der Waals surface area contributed by atoms with E-state index in [0.29, 0.717) is 35.8 Å². The Morgan fingerprint density at radius 1 is 1.04 bits per heavy atom. The Labute approximate surface area is 152 Å². The molecular weight excluding hydrogens is 356 g/mol. The number of amides is 1. The van der Waals surface area contributed by atoms with Gasteiger partial charge in [0.25, 0.3) is 10.0 Å². The molecule has 1 saturated heterocycles. The van der Waals surface area contributed by atoms with Crippen molar-refractivity contribution in [3.05, 3.63) is 42.5 Å². The third-order valence-corrected chi connectivity index (χ3v) is 5.56. The molecule has 0 aromatic heterocycles. The number of hydrogen-bond donors (Lipinski definition) is 1.